The fraction of sp³-hybridized carbons (Fsp3) is 0.182. The lowest BCUT2D eigenvalue weighted by molar-refractivity contribution is 0.0955. The number of carbonyl (C=O) groups excluding carboxylic acids is 1. The Morgan fingerprint density at radius 1 is 1.53 bits per heavy atom. The molecule has 0 heterocycles. The molecule has 0 aromatic heterocycles. The standard InChI is InChI=1S/C11H12BrNO2/c1-8(12)7-13-11(14)9-5-3-4-6-10(9)15-2/h3-6H,1,7H2,2H3,(H,13,14). The van der Waals surface area contributed by atoms with Gasteiger partial charge in [0.1, 0.15) is 5.75 Å². The highest BCUT2D eigenvalue weighted by Crippen LogP contribution is 2.16. The average molecular weight is 270 g/mol. The predicted molar refractivity (Wildman–Crippen MR) is 63.4 cm³/mol. The lowest BCUT2D eigenvalue weighted by Gasteiger charge is -2.08. The Kier molecular flexibility index (Phi) is 4.37. The molecule has 80 valence electrons. The Morgan fingerprint density at radius 2 is 2.20 bits per heavy atom. The zero-order valence-corrected chi connectivity index (χ0v) is 10.0. The largest absolute Gasteiger partial charge is 0.496 e. The van der Waals surface area contributed by atoms with Crippen molar-refractivity contribution >= 4 is 21.8 Å². The van der Waals surface area contributed by atoms with Crippen molar-refractivity contribution in [3.8, 4) is 5.75 Å². The van der Waals surface area contributed by atoms with Gasteiger partial charge in [-0.15, -0.1) is 0 Å². The van der Waals surface area contributed by atoms with Crippen molar-refractivity contribution in [2.75, 3.05) is 13.7 Å². The van der Waals surface area contributed by atoms with Crippen LogP contribution in [0.1, 0.15) is 10.4 Å². The van der Waals surface area contributed by atoms with E-state index >= 15 is 0 Å². The molecule has 0 bridgehead atoms. The van der Waals surface area contributed by atoms with E-state index in [9.17, 15) is 4.79 Å². The van der Waals surface area contributed by atoms with Crippen molar-refractivity contribution in [2.24, 2.45) is 0 Å². The molecule has 0 aliphatic carbocycles. The summed E-state index contributed by atoms with van der Waals surface area (Å²) in [6, 6.07) is 7.07. The topological polar surface area (TPSA) is 38.3 Å². The Hall–Kier alpha value is -1.29. The van der Waals surface area contributed by atoms with Crippen molar-refractivity contribution in [1.82, 2.24) is 5.32 Å². The van der Waals surface area contributed by atoms with E-state index in [0.29, 0.717) is 17.9 Å². The van der Waals surface area contributed by atoms with Gasteiger partial charge < -0.3 is 10.1 Å². The zero-order valence-electron chi connectivity index (χ0n) is 8.42. The summed E-state index contributed by atoms with van der Waals surface area (Å²) < 4.78 is 5.81. The molecule has 1 rings (SSSR count). The molecular formula is C11H12BrNO2. The summed E-state index contributed by atoms with van der Waals surface area (Å²) >= 11 is 3.17. The number of rotatable bonds is 4. The number of benzene rings is 1. The van der Waals surface area contributed by atoms with Gasteiger partial charge in [-0.1, -0.05) is 34.6 Å². The molecule has 0 unspecified atom stereocenters. The van der Waals surface area contributed by atoms with Crippen LogP contribution in [0.5, 0.6) is 5.75 Å². The van der Waals surface area contributed by atoms with Crippen LogP contribution in [0.2, 0.25) is 0 Å². The van der Waals surface area contributed by atoms with Crippen LogP contribution in [0, 0.1) is 0 Å². The quantitative estimate of drug-likeness (QED) is 0.911. The van der Waals surface area contributed by atoms with Gasteiger partial charge in [-0.05, 0) is 12.1 Å². The van der Waals surface area contributed by atoms with Gasteiger partial charge in [0.25, 0.3) is 5.91 Å². The fourth-order valence-electron chi connectivity index (χ4n) is 1.10. The number of ether oxygens (including phenoxy) is 1. The summed E-state index contributed by atoms with van der Waals surface area (Å²) in [6.07, 6.45) is 0. The van der Waals surface area contributed by atoms with Crippen LogP contribution in [0.3, 0.4) is 0 Å². The number of hydrogen-bond donors (Lipinski definition) is 1. The first-order chi connectivity index (χ1) is 7.15. The van der Waals surface area contributed by atoms with Crippen LogP contribution in [0.15, 0.2) is 35.3 Å². The van der Waals surface area contributed by atoms with Crippen molar-refractivity contribution in [3.05, 3.63) is 40.9 Å². The second kappa shape index (κ2) is 5.56. The number of para-hydroxylation sites is 1. The normalized spacial score (nSPS) is 9.47. The van der Waals surface area contributed by atoms with Crippen molar-refractivity contribution in [3.63, 3.8) is 0 Å². The first-order valence-corrected chi connectivity index (χ1v) is 5.19. The van der Waals surface area contributed by atoms with Crippen LogP contribution in [-0.2, 0) is 0 Å². The lowest BCUT2D eigenvalue weighted by atomic mass is 10.2. The number of halogens is 1. The van der Waals surface area contributed by atoms with Crippen LogP contribution in [0.4, 0.5) is 0 Å². The average Bonchev–Trinajstić information content (AvgIpc) is 2.25. The molecule has 1 aromatic carbocycles. The first-order valence-electron chi connectivity index (χ1n) is 4.39. The van der Waals surface area contributed by atoms with Crippen LogP contribution >= 0.6 is 15.9 Å². The lowest BCUT2D eigenvalue weighted by Crippen LogP contribution is -2.24. The van der Waals surface area contributed by atoms with E-state index < -0.39 is 0 Å². The molecule has 0 spiro atoms. The van der Waals surface area contributed by atoms with E-state index in [1.54, 1.807) is 18.2 Å². The van der Waals surface area contributed by atoms with Crippen molar-refractivity contribution < 1.29 is 9.53 Å². The van der Waals surface area contributed by atoms with E-state index in [2.05, 4.69) is 27.8 Å². The number of nitrogens with one attached hydrogen (secondary N) is 1. The minimum Gasteiger partial charge on any atom is -0.496 e. The van der Waals surface area contributed by atoms with Gasteiger partial charge in [0.2, 0.25) is 0 Å². The maximum Gasteiger partial charge on any atom is 0.255 e. The fourth-order valence-corrected chi connectivity index (χ4v) is 1.24. The van der Waals surface area contributed by atoms with Crippen molar-refractivity contribution in [1.29, 1.82) is 0 Å². The molecule has 0 fully saturated rings. The minimum atomic E-state index is -0.173. The number of amides is 1. The minimum absolute atomic E-state index is 0.173. The Labute approximate surface area is 97.3 Å². The van der Waals surface area contributed by atoms with Crippen LogP contribution in [0.25, 0.3) is 0 Å². The highest BCUT2D eigenvalue weighted by atomic mass is 79.9. The maximum absolute atomic E-state index is 11.7. The number of methoxy groups -OCH3 is 1. The van der Waals surface area contributed by atoms with Gasteiger partial charge in [0.15, 0.2) is 0 Å². The third-order valence-corrected chi connectivity index (χ3v) is 2.07. The molecule has 0 saturated heterocycles. The summed E-state index contributed by atoms with van der Waals surface area (Å²) in [4.78, 5) is 11.7. The smallest absolute Gasteiger partial charge is 0.255 e. The SMILES string of the molecule is C=C(Br)CNC(=O)c1ccccc1OC. The molecule has 0 atom stereocenters. The van der Waals surface area contributed by atoms with Gasteiger partial charge in [0, 0.05) is 11.0 Å². The van der Waals surface area contributed by atoms with Crippen LogP contribution in [-0.4, -0.2) is 19.6 Å². The molecule has 4 heteroatoms. The highest BCUT2D eigenvalue weighted by molar-refractivity contribution is 9.11. The zero-order chi connectivity index (χ0) is 11.3. The molecule has 1 aromatic rings. The second-order valence-electron chi connectivity index (χ2n) is 2.90. The van der Waals surface area contributed by atoms with E-state index in [1.165, 1.54) is 7.11 Å². The molecular weight excluding hydrogens is 258 g/mol. The molecule has 0 aliphatic rings. The summed E-state index contributed by atoms with van der Waals surface area (Å²) in [6.45, 7) is 4.03. The molecule has 3 nitrogen and oxygen atoms in total. The summed E-state index contributed by atoms with van der Waals surface area (Å²) in [5.41, 5.74) is 0.522. The summed E-state index contributed by atoms with van der Waals surface area (Å²) in [5.74, 6) is 0.392. The maximum atomic E-state index is 11.7. The van der Waals surface area contributed by atoms with Crippen LogP contribution < -0.4 is 10.1 Å². The Balaban J connectivity index is 2.77. The molecule has 0 radical (unpaired) electrons. The van der Waals surface area contributed by atoms with Gasteiger partial charge in [-0.3, -0.25) is 4.79 Å². The Morgan fingerprint density at radius 3 is 2.80 bits per heavy atom. The highest BCUT2D eigenvalue weighted by Gasteiger charge is 2.10. The van der Waals surface area contributed by atoms with E-state index in [0.717, 1.165) is 4.48 Å². The first kappa shape index (κ1) is 11.8. The van der Waals surface area contributed by atoms with Gasteiger partial charge in [0.05, 0.1) is 12.7 Å². The summed E-state index contributed by atoms with van der Waals surface area (Å²) in [7, 11) is 1.54. The third kappa shape index (κ3) is 3.40. The Bertz CT molecular complexity index is 377. The molecule has 1 N–H and O–H groups in total. The summed E-state index contributed by atoms with van der Waals surface area (Å²) in [5, 5.41) is 2.71. The monoisotopic (exact) mass is 269 g/mol. The predicted octanol–water partition coefficient (Wildman–Crippen LogP) is 2.33. The number of carbonyl (C=O) groups is 1. The second-order valence-corrected chi connectivity index (χ2v) is 4.02. The van der Waals surface area contributed by atoms with E-state index in [1.807, 2.05) is 6.07 Å². The van der Waals surface area contributed by atoms with Gasteiger partial charge in [-0.25, -0.2) is 0 Å². The van der Waals surface area contributed by atoms with Crippen molar-refractivity contribution in [2.45, 2.75) is 0 Å². The van der Waals surface area contributed by atoms with E-state index in [-0.39, 0.29) is 5.91 Å². The van der Waals surface area contributed by atoms with Gasteiger partial charge in [-0.2, -0.15) is 0 Å². The molecule has 0 saturated carbocycles. The molecule has 1 amide bonds. The van der Waals surface area contributed by atoms with Gasteiger partial charge >= 0.3 is 0 Å². The van der Waals surface area contributed by atoms with E-state index in [4.69, 9.17) is 4.74 Å². The third-order valence-electron chi connectivity index (χ3n) is 1.79. The number of hydrogen-bond acceptors (Lipinski definition) is 2. The molecule has 0 aliphatic heterocycles. The molecule has 15 heavy (non-hydrogen) atoms.